The number of hydrogen-bond donors (Lipinski definition) is 4. The SMILES string of the molecule is CC(C)C(N)c1ccc(-c2ccc([C@@H](O)[C@H](N)CF)cc2)cn1.O=C(O)C(F)(F)F. The number of hydrogen-bond acceptors (Lipinski definition) is 5. The van der Waals surface area contributed by atoms with E-state index in [4.69, 9.17) is 21.4 Å². The molecular formula is C20H25F4N3O3. The summed E-state index contributed by atoms with van der Waals surface area (Å²) in [6.07, 6.45) is -4.30. The molecule has 0 aliphatic rings. The van der Waals surface area contributed by atoms with Crippen molar-refractivity contribution in [1.29, 1.82) is 0 Å². The van der Waals surface area contributed by atoms with Gasteiger partial charge in [0.2, 0.25) is 0 Å². The van der Waals surface area contributed by atoms with Gasteiger partial charge in [-0.25, -0.2) is 9.18 Å². The Morgan fingerprint density at radius 2 is 1.57 bits per heavy atom. The Morgan fingerprint density at radius 3 is 1.93 bits per heavy atom. The number of carbonyl (C=O) groups is 1. The lowest BCUT2D eigenvalue weighted by molar-refractivity contribution is -0.192. The van der Waals surface area contributed by atoms with Crippen molar-refractivity contribution in [2.45, 2.75) is 38.2 Å². The van der Waals surface area contributed by atoms with E-state index in [1.165, 1.54) is 0 Å². The van der Waals surface area contributed by atoms with Gasteiger partial charge in [0, 0.05) is 17.8 Å². The van der Waals surface area contributed by atoms with Gasteiger partial charge in [0.05, 0.1) is 17.8 Å². The summed E-state index contributed by atoms with van der Waals surface area (Å²) in [5.74, 6) is -2.43. The largest absolute Gasteiger partial charge is 0.490 e. The van der Waals surface area contributed by atoms with Crippen molar-refractivity contribution in [2.24, 2.45) is 17.4 Å². The average Bonchev–Trinajstić information content (AvgIpc) is 2.72. The smallest absolute Gasteiger partial charge is 0.475 e. The van der Waals surface area contributed by atoms with Gasteiger partial charge in [-0.3, -0.25) is 4.98 Å². The average molecular weight is 431 g/mol. The molecule has 166 valence electrons. The lowest BCUT2D eigenvalue weighted by Crippen LogP contribution is -2.30. The third kappa shape index (κ3) is 7.36. The Labute approximate surface area is 171 Å². The maximum atomic E-state index is 12.5. The van der Waals surface area contributed by atoms with Gasteiger partial charge in [0.1, 0.15) is 6.67 Å². The molecule has 0 saturated heterocycles. The molecule has 1 aromatic carbocycles. The van der Waals surface area contributed by atoms with Crippen molar-refractivity contribution in [3.63, 3.8) is 0 Å². The molecule has 10 heteroatoms. The molecule has 0 spiro atoms. The topological polar surface area (TPSA) is 122 Å². The second kappa shape index (κ2) is 11.0. The number of benzene rings is 1. The number of aliphatic hydroxyl groups excluding tert-OH is 1. The van der Waals surface area contributed by atoms with E-state index in [2.05, 4.69) is 18.8 Å². The predicted molar refractivity (Wildman–Crippen MR) is 104 cm³/mol. The summed E-state index contributed by atoms with van der Waals surface area (Å²) in [5, 5.41) is 17.0. The molecule has 2 rings (SSSR count). The van der Waals surface area contributed by atoms with Gasteiger partial charge in [-0.05, 0) is 23.1 Å². The van der Waals surface area contributed by atoms with Crippen molar-refractivity contribution in [2.75, 3.05) is 6.67 Å². The van der Waals surface area contributed by atoms with Crippen LogP contribution in [0.5, 0.6) is 0 Å². The first-order valence-corrected chi connectivity index (χ1v) is 9.00. The Hall–Kier alpha value is -2.56. The van der Waals surface area contributed by atoms with E-state index in [9.17, 15) is 22.7 Å². The fraction of sp³-hybridized carbons (Fsp3) is 0.400. The van der Waals surface area contributed by atoms with Gasteiger partial charge in [-0.1, -0.05) is 44.2 Å². The lowest BCUT2D eigenvalue weighted by atomic mass is 9.98. The molecule has 1 unspecified atom stereocenters. The van der Waals surface area contributed by atoms with Crippen LogP contribution in [0.1, 0.15) is 37.3 Å². The second-order valence-corrected chi connectivity index (χ2v) is 6.93. The summed E-state index contributed by atoms with van der Waals surface area (Å²) in [5.41, 5.74) is 15.0. The van der Waals surface area contributed by atoms with Gasteiger partial charge < -0.3 is 21.7 Å². The Kier molecular flexibility index (Phi) is 9.34. The zero-order valence-corrected chi connectivity index (χ0v) is 16.5. The summed E-state index contributed by atoms with van der Waals surface area (Å²) in [6.45, 7) is 3.36. The Morgan fingerprint density at radius 1 is 1.07 bits per heavy atom. The molecule has 3 atom stereocenters. The fourth-order valence-corrected chi connectivity index (χ4v) is 2.32. The highest BCUT2D eigenvalue weighted by molar-refractivity contribution is 5.73. The van der Waals surface area contributed by atoms with Crippen LogP contribution in [0.15, 0.2) is 42.6 Å². The van der Waals surface area contributed by atoms with E-state index in [-0.39, 0.29) is 6.04 Å². The molecule has 1 aromatic heterocycles. The fourth-order valence-electron chi connectivity index (χ4n) is 2.32. The zero-order valence-electron chi connectivity index (χ0n) is 16.5. The van der Waals surface area contributed by atoms with Crippen LogP contribution in [0.4, 0.5) is 17.6 Å². The second-order valence-electron chi connectivity index (χ2n) is 6.93. The van der Waals surface area contributed by atoms with Crippen LogP contribution < -0.4 is 11.5 Å². The maximum Gasteiger partial charge on any atom is 0.490 e. The first kappa shape index (κ1) is 25.5. The van der Waals surface area contributed by atoms with Crippen molar-refractivity contribution in [3.8, 4) is 11.1 Å². The van der Waals surface area contributed by atoms with Crippen LogP contribution in [0.3, 0.4) is 0 Å². The van der Waals surface area contributed by atoms with Crippen molar-refractivity contribution < 1.29 is 32.6 Å². The highest BCUT2D eigenvalue weighted by Crippen LogP contribution is 2.24. The van der Waals surface area contributed by atoms with Crippen molar-refractivity contribution >= 4 is 5.97 Å². The van der Waals surface area contributed by atoms with E-state index in [0.717, 1.165) is 16.8 Å². The standard InChI is InChI=1S/C18H24FN3O.C2HF3O2/c1-11(2)17(21)16-8-7-14(10-22-16)12-3-5-13(6-4-12)18(23)15(20)9-19;3-2(4,5)1(6)7/h3-8,10-11,15,17-18,23H,9,20-21H2,1-2H3;(H,6,7)/t15-,17?,18-;/m1./s1. The maximum absolute atomic E-state index is 12.5. The first-order chi connectivity index (χ1) is 13.9. The number of alkyl halides is 4. The van der Waals surface area contributed by atoms with Crippen LogP contribution in [0, 0.1) is 5.92 Å². The minimum absolute atomic E-state index is 0.0799. The predicted octanol–water partition coefficient (Wildman–Crippen LogP) is 3.37. The number of aromatic nitrogens is 1. The van der Waals surface area contributed by atoms with Crippen LogP contribution >= 0.6 is 0 Å². The molecule has 0 saturated carbocycles. The van der Waals surface area contributed by atoms with Gasteiger partial charge in [0.25, 0.3) is 0 Å². The van der Waals surface area contributed by atoms with Crippen molar-refractivity contribution in [1.82, 2.24) is 4.98 Å². The summed E-state index contributed by atoms with van der Waals surface area (Å²) in [6, 6.07) is 10.2. The number of aliphatic hydroxyl groups is 1. The van der Waals surface area contributed by atoms with Crippen LogP contribution in [0.2, 0.25) is 0 Å². The number of halogens is 4. The number of nitrogens with zero attached hydrogens (tertiary/aromatic N) is 1. The Bertz CT molecular complexity index is 796. The van der Waals surface area contributed by atoms with E-state index < -0.39 is 31.0 Å². The molecular weight excluding hydrogens is 406 g/mol. The van der Waals surface area contributed by atoms with E-state index in [0.29, 0.717) is 11.5 Å². The minimum atomic E-state index is -5.08. The van der Waals surface area contributed by atoms with E-state index in [1.54, 1.807) is 18.3 Å². The van der Waals surface area contributed by atoms with Gasteiger partial charge in [-0.2, -0.15) is 13.2 Å². The van der Waals surface area contributed by atoms with Crippen LogP contribution in [0.25, 0.3) is 11.1 Å². The molecule has 6 nitrogen and oxygen atoms in total. The third-order valence-electron chi connectivity index (χ3n) is 4.26. The third-order valence-corrected chi connectivity index (χ3v) is 4.26. The summed E-state index contributed by atoms with van der Waals surface area (Å²) in [4.78, 5) is 13.3. The number of rotatable bonds is 6. The zero-order chi connectivity index (χ0) is 23.1. The number of aliphatic carboxylic acids is 1. The molecule has 6 N–H and O–H groups in total. The number of nitrogens with two attached hydrogens (primary N) is 2. The first-order valence-electron chi connectivity index (χ1n) is 9.00. The normalized spacial score (nSPS) is 14.5. The quantitative estimate of drug-likeness (QED) is 0.520. The lowest BCUT2D eigenvalue weighted by Gasteiger charge is -2.17. The van der Waals surface area contributed by atoms with Crippen LogP contribution in [-0.4, -0.2) is 40.1 Å². The molecule has 0 amide bonds. The minimum Gasteiger partial charge on any atom is -0.475 e. The molecule has 2 aromatic rings. The van der Waals surface area contributed by atoms with E-state index in [1.807, 2.05) is 24.3 Å². The highest BCUT2D eigenvalue weighted by atomic mass is 19.4. The molecule has 0 fully saturated rings. The number of pyridine rings is 1. The molecule has 0 radical (unpaired) electrons. The summed E-state index contributed by atoms with van der Waals surface area (Å²) in [7, 11) is 0. The molecule has 0 aliphatic carbocycles. The number of carboxylic acid groups (broad SMARTS) is 1. The monoisotopic (exact) mass is 431 g/mol. The number of carboxylic acids is 1. The van der Waals surface area contributed by atoms with Crippen LogP contribution in [-0.2, 0) is 4.79 Å². The highest BCUT2D eigenvalue weighted by Gasteiger charge is 2.38. The van der Waals surface area contributed by atoms with E-state index >= 15 is 0 Å². The van der Waals surface area contributed by atoms with Crippen molar-refractivity contribution in [3.05, 3.63) is 53.9 Å². The van der Waals surface area contributed by atoms with Gasteiger partial charge in [0.15, 0.2) is 0 Å². The molecule has 30 heavy (non-hydrogen) atoms. The summed E-state index contributed by atoms with van der Waals surface area (Å²) >= 11 is 0. The summed E-state index contributed by atoms with van der Waals surface area (Å²) < 4.78 is 44.3. The molecule has 0 aliphatic heterocycles. The van der Waals surface area contributed by atoms with Gasteiger partial charge in [-0.15, -0.1) is 0 Å². The molecule has 0 bridgehead atoms. The Balaban J connectivity index is 0.000000553. The van der Waals surface area contributed by atoms with Gasteiger partial charge >= 0.3 is 12.1 Å². The molecule has 1 heterocycles.